The van der Waals surface area contributed by atoms with Crippen LogP contribution in [0.3, 0.4) is 0 Å². The van der Waals surface area contributed by atoms with E-state index in [1.165, 1.54) is 0 Å². The minimum Gasteiger partial charge on any atom is -0.455 e. The first-order valence-corrected chi connectivity index (χ1v) is 8.95. The highest BCUT2D eigenvalue weighted by atomic mass is 35.5. The molecule has 0 saturated heterocycles. The van der Waals surface area contributed by atoms with E-state index in [9.17, 15) is 0 Å². The second-order valence-electron chi connectivity index (χ2n) is 6.33. The van der Waals surface area contributed by atoms with Crippen LogP contribution in [0.1, 0.15) is 0 Å². The Morgan fingerprint density at radius 3 is 2.04 bits per heavy atom. The van der Waals surface area contributed by atoms with E-state index in [0.29, 0.717) is 0 Å². The van der Waals surface area contributed by atoms with Crippen molar-refractivity contribution in [1.82, 2.24) is 0 Å². The summed E-state index contributed by atoms with van der Waals surface area (Å²) in [5.41, 5.74) is 6.40. The van der Waals surface area contributed by atoms with Crippen LogP contribution in [0.5, 0.6) is 0 Å². The van der Waals surface area contributed by atoms with Crippen LogP contribution in [-0.2, 0) is 0 Å². The van der Waals surface area contributed by atoms with Crippen molar-refractivity contribution in [2.75, 3.05) is 0 Å². The fraction of sp³-hybridized carbons (Fsp3) is 0. The summed E-state index contributed by atoms with van der Waals surface area (Å²) in [4.78, 5) is 0. The van der Waals surface area contributed by atoms with Gasteiger partial charge in [-0.1, -0.05) is 84.4 Å². The van der Waals surface area contributed by atoms with Gasteiger partial charge in [-0.25, -0.2) is 0 Å². The minimum atomic E-state index is 0.741. The summed E-state index contributed by atoms with van der Waals surface area (Å²) in [6, 6.07) is 30.9. The van der Waals surface area contributed by atoms with Crippen LogP contribution in [0.15, 0.2) is 95.4 Å². The van der Waals surface area contributed by atoms with Crippen molar-refractivity contribution >= 4 is 33.5 Å². The molecule has 2 heteroatoms. The van der Waals surface area contributed by atoms with Gasteiger partial charge < -0.3 is 4.42 Å². The van der Waals surface area contributed by atoms with Crippen LogP contribution in [0.2, 0.25) is 5.02 Å². The first kappa shape index (κ1) is 15.2. The topological polar surface area (TPSA) is 13.1 Å². The average molecular weight is 355 g/mol. The molecule has 1 heterocycles. The monoisotopic (exact) mass is 354 g/mol. The highest BCUT2D eigenvalue weighted by Crippen LogP contribution is 2.39. The minimum absolute atomic E-state index is 0.741. The molecule has 0 unspecified atom stereocenters. The Hall–Kier alpha value is -3.03. The van der Waals surface area contributed by atoms with Crippen molar-refractivity contribution in [2.45, 2.75) is 0 Å². The van der Waals surface area contributed by atoms with Crippen molar-refractivity contribution in [3.63, 3.8) is 0 Å². The van der Waals surface area contributed by atoms with E-state index in [1.54, 1.807) is 0 Å². The van der Waals surface area contributed by atoms with Gasteiger partial charge in [-0.3, -0.25) is 0 Å². The maximum atomic E-state index is 6.23. The highest BCUT2D eigenvalue weighted by molar-refractivity contribution is 6.30. The number of para-hydroxylation sites is 2. The molecule has 0 radical (unpaired) electrons. The molecular formula is C24H15ClO. The third-order valence-electron chi connectivity index (χ3n) is 4.78. The zero-order chi connectivity index (χ0) is 17.5. The van der Waals surface area contributed by atoms with Gasteiger partial charge >= 0.3 is 0 Å². The molecule has 4 aromatic carbocycles. The van der Waals surface area contributed by atoms with E-state index in [1.807, 2.05) is 30.3 Å². The van der Waals surface area contributed by atoms with Gasteiger partial charge in [0, 0.05) is 21.4 Å². The molecule has 124 valence electrons. The largest absolute Gasteiger partial charge is 0.455 e. The summed E-state index contributed by atoms with van der Waals surface area (Å²) in [5, 5.41) is 3.03. The summed E-state index contributed by atoms with van der Waals surface area (Å²) in [6.07, 6.45) is 0. The van der Waals surface area contributed by atoms with Gasteiger partial charge in [-0.2, -0.15) is 0 Å². The molecule has 26 heavy (non-hydrogen) atoms. The first-order valence-electron chi connectivity index (χ1n) is 8.57. The van der Waals surface area contributed by atoms with Crippen LogP contribution in [0, 0.1) is 0 Å². The van der Waals surface area contributed by atoms with Gasteiger partial charge in [-0.05, 0) is 34.9 Å². The number of rotatable bonds is 2. The Morgan fingerprint density at radius 1 is 0.538 bits per heavy atom. The van der Waals surface area contributed by atoms with E-state index in [4.69, 9.17) is 16.0 Å². The van der Waals surface area contributed by atoms with E-state index >= 15 is 0 Å². The molecule has 0 N–H and O–H groups in total. The van der Waals surface area contributed by atoms with E-state index in [0.717, 1.165) is 49.2 Å². The molecule has 5 rings (SSSR count). The Morgan fingerprint density at radius 2 is 1.19 bits per heavy atom. The maximum absolute atomic E-state index is 6.23. The lowest BCUT2D eigenvalue weighted by Gasteiger charge is -2.10. The smallest absolute Gasteiger partial charge is 0.143 e. The molecule has 0 aliphatic rings. The summed E-state index contributed by atoms with van der Waals surface area (Å²) >= 11 is 6.06. The molecule has 1 aromatic heterocycles. The average Bonchev–Trinajstić information content (AvgIpc) is 3.07. The predicted octanol–water partition coefficient (Wildman–Crippen LogP) is 7.57. The van der Waals surface area contributed by atoms with Crippen LogP contribution in [0.4, 0.5) is 0 Å². The van der Waals surface area contributed by atoms with Crippen LogP contribution in [-0.4, -0.2) is 0 Å². The molecule has 0 bridgehead atoms. The van der Waals surface area contributed by atoms with E-state index in [-0.39, 0.29) is 0 Å². The third-order valence-corrected chi connectivity index (χ3v) is 5.03. The van der Waals surface area contributed by atoms with Crippen molar-refractivity contribution in [2.24, 2.45) is 0 Å². The maximum Gasteiger partial charge on any atom is 0.143 e. The Balaban J connectivity index is 1.80. The molecule has 1 nitrogen and oxygen atoms in total. The third kappa shape index (κ3) is 2.40. The molecule has 0 fully saturated rings. The molecule has 0 saturated carbocycles. The molecule has 5 aromatic rings. The van der Waals surface area contributed by atoms with Gasteiger partial charge in [-0.15, -0.1) is 0 Å². The summed E-state index contributed by atoms with van der Waals surface area (Å²) < 4.78 is 6.23. The molecule has 0 atom stereocenters. The molecule has 0 aliphatic heterocycles. The van der Waals surface area contributed by atoms with Gasteiger partial charge in [0.1, 0.15) is 11.2 Å². The summed E-state index contributed by atoms with van der Waals surface area (Å²) in [5.74, 6) is 0. The Labute approximate surface area is 156 Å². The molecular weight excluding hydrogens is 340 g/mol. The lowest BCUT2D eigenvalue weighted by Crippen LogP contribution is -1.85. The number of benzene rings is 4. The van der Waals surface area contributed by atoms with Crippen LogP contribution in [0.25, 0.3) is 44.2 Å². The lowest BCUT2D eigenvalue weighted by atomic mass is 9.93. The van der Waals surface area contributed by atoms with Crippen molar-refractivity contribution < 1.29 is 4.42 Å². The molecule has 0 spiro atoms. The second-order valence-corrected chi connectivity index (χ2v) is 6.77. The van der Waals surface area contributed by atoms with Crippen molar-refractivity contribution in [1.29, 1.82) is 0 Å². The Kier molecular flexibility index (Phi) is 3.55. The van der Waals surface area contributed by atoms with Crippen LogP contribution >= 0.6 is 11.6 Å². The predicted molar refractivity (Wildman–Crippen MR) is 110 cm³/mol. The quantitative estimate of drug-likeness (QED) is 0.318. The SMILES string of the molecule is Clc1ccc(-c2ccccc2-c2cccc3c2oc2ccccc23)cc1. The van der Waals surface area contributed by atoms with Gasteiger partial charge in [0.05, 0.1) is 0 Å². The highest BCUT2D eigenvalue weighted by Gasteiger charge is 2.14. The number of fused-ring (bicyclic) bond motifs is 3. The summed E-state index contributed by atoms with van der Waals surface area (Å²) in [6.45, 7) is 0. The number of furan rings is 1. The normalized spacial score (nSPS) is 11.3. The van der Waals surface area contributed by atoms with Crippen molar-refractivity contribution in [3.8, 4) is 22.3 Å². The molecule has 0 aliphatic carbocycles. The number of hydrogen-bond donors (Lipinski definition) is 0. The fourth-order valence-corrected chi connectivity index (χ4v) is 3.68. The van der Waals surface area contributed by atoms with Gasteiger partial charge in [0.25, 0.3) is 0 Å². The lowest BCUT2D eigenvalue weighted by molar-refractivity contribution is 0.670. The van der Waals surface area contributed by atoms with Crippen molar-refractivity contribution in [3.05, 3.63) is 96.0 Å². The van der Waals surface area contributed by atoms with Crippen LogP contribution < -0.4 is 0 Å². The van der Waals surface area contributed by atoms with E-state index in [2.05, 4.69) is 60.7 Å². The Bertz CT molecular complexity index is 1230. The standard InChI is InChI=1S/C24H15ClO/c25-17-14-12-16(13-15-17)18-6-1-2-7-19(18)21-9-5-10-22-20-8-3-4-11-23(20)26-24(21)22/h1-15H. The number of hydrogen-bond acceptors (Lipinski definition) is 1. The van der Waals surface area contributed by atoms with Gasteiger partial charge in [0.2, 0.25) is 0 Å². The number of halogens is 1. The molecule has 0 amide bonds. The second kappa shape index (κ2) is 6.05. The summed E-state index contributed by atoms with van der Waals surface area (Å²) in [7, 11) is 0. The first-order chi connectivity index (χ1) is 12.8. The van der Waals surface area contributed by atoms with E-state index < -0.39 is 0 Å². The fourth-order valence-electron chi connectivity index (χ4n) is 3.56. The zero-order valence-corrected chi connectivity index (χ0v) is 14.7. The zero-order valence-electron chi connectivity index (χ0n) is 13.9. The van der Waals surface area contributed by atoms with Gasteiger partial charge in [0.15, 0.2) is 0 Å².